The predicted molar refractivity (Wildman–Crippen MR) is 89.1 cm³/mol. The maximum absolute atomic E-state index is 9.77. The second kappa shape index (κ2) is 5.55. The minimum atomic E-state index is -0.130. The molecular weight excluding hydrogens is 256 g/mol. The molecule has 3 fully saturated rings. The van der Waals surface area contributed by atoms with Gasteiger partial charge < -0.3 is 5.11 Å². The smallest absolute Gasteiger partial charge is 0.0512 e. The van der Waals surface area contributed by atoms with Crippen molar-refractivity contribution in [2.45, 2.75) is 91.6 Å². The average molecular weight is 293 g/mol. The molecule has 0 aromatic carbocycles. The first-order valence-corrected chi connectivity index (χ1v) is 9.55. The van der Waals surface area contributed by atoms with Gasteiger partial charge in [0.1, 0.15) is 0 Å². The van der Waals surface area contributed by atoms with E-state index >= 15 is 0 Å². The van der Waals surface area contributed by atoms with E-state index in [-0.39, 0.29) is 6.10 Å². The zero-order valence-corrected chi connectivity index (χ0v) is 14.7. The first kappa shape index (κ1) is 15.8. The van der Waals surface area contributed by atoms with Gasteiger partial charge in [-0.1, -0.05) is 27.2 Å². The minimum Gasteiger partial charge on any atom is -0.393 e. The fraction of sp³-hybridized carbons (Fsp3) is 1.00. The summed E-state index contributed by atoms with van der Waals surface area (Å²) in [7, 11) is 0. The van der Waals surface area contributed by atoms with Crippen molar-refractivity contribution in [3.05, 3.63) is 0 Å². The molecule has 3 saturated carbocycles. The van der Waals surface area contributed by atoms with E-state index in [0.29, 0.717) is 10.8 Å². The molecule has 7 unspecified atom stereocenters. The van der Waals surface area contributed by atoms with Crippen LogP contribution in [-0.4, -0.2) is 11.2 Å². The van der Waals surface area contributed by atoms with Gasteiger partial charge in [0, 0.05) is 0 Å². The van der Waals surface area contributed by atoms with Gasteiger partial charge >= 0.3 is 0 Å². The van der Waals surface area contributed by atoms with Crippen LogP contribution in [0.15, 0.2) is 0 Å². The van der Waals surface area contributed by atoms with E-state index in [4.69, 9.17) is 0 Å². The lowest BCUT2D eigenvalue weighted by molar-refractivity contribution is -0.0894. The van der Waals surface area contributed by atoms with Gasteiger partial charge in [-0.2, -0.15) is 0 Å². The maximum atomic E-state index is 9.77. The van der Waals surface area contributed by atoms with Gasteiger partial charge in [-0.3, -0.25) is 0 Å². The third-order valence-electron chi connectivity index (χ3n) is 8.22. The topological polar surface area (TPSA) is 20.2 Å². The molecule has 122 valence electrons. The summed E-state index contributed by atoms with van der Waals surface area (Å²) >= 11 is 0. The van der Waals surface area contributed by atoms with Gasteiger partial charge in [-0.25, -0.2) is 0 Å². The average Bonchev–Trinajstić information content (AvgIpc) is 2.82. The van der Waals surface area contributed by atoms with E-state index in [1.54, 1.807) is 0 Å². The van der Waals surface area contributed by atoms with Gasteiger partial charge in [0.25, 0.3) is 0 Å². The SMILES string of the molecule is CC(O)CCC1(C)C(C)CCC2C3CCCC3(C)CCC21. The van der Waals surface area contributed by atoms with Gasteiger partial charge in [-0.05, 0) is 92.8 Å². The molecule has 1 N–H and O–H groups in total. The molecule has 7 atom stereocenters. The van der Waals surface area contributed by atoms with Crippen LogP contribution in [0.2, 0.25) is 0 Å². The van der Waals surface area contributed by atoms with Crippen LogP contribution >= 0.6 is 0 Å². The van der Waals surface area contributed by atoms with Gasteiger partial charge in [0.15, 0.2) is 0 Å². The fourth-order valence-electron chi connectivity index (χ4n) is 6.59. The lowest BCUT2D eigenvalue weighted by atomic mass is 9.47. The van der Waals surface area contributed by atoms with E-state index in [2.05, 4.69) is 20.8 Å². The molecule has 0 saturated heterocycles. The summed E-state index contributed by atoms with van der Waals surface area (Å²) in [5, 5.41) is 9.77. The van der Waals surface area contributed by atoms with Crippen LogP contribution in [0.25, 0.3) is 0 Å². The van der Waals surface area contributed by atoms with Crippen LogP contribution in [0.3, 0.4) is 0 Å². The molecule has 0 aromatic rings. The molecule has 0 bridgehead atoms. The van der Waals surface area contributed by atoms with Gasteiger partial charge in [0.05, 0.1) is 6.10 Å². The number of rotatable bonds is 3. The fourth-order valence-corrected chi connectivity index (χ4v) is 6.59. The van der Waals surface area contributed by atoms with Crippen molar-refractivity contribution in [3.8, 4) is 0 Å². The standard InChI is InChI=1S/C20H36O/c1-14-7-8-16-17-6-5-11-19(17,3)12-10-18(16)20(14,4)13-9-15(2)21/h14-18,21H,5-13H2,1-4H3. The lowest BCUT2D eigenvalue weighted by Gasteiger charge is -2.58. The van der Waals surface area contributed by atoms with E-state index in [0.717, 1.165) is 30.1 Å². The largest absolute Gasteiger partial charge is 0.393 e. The van der Waals surface area contributed by atoms with Crippen molar-refractivity contribution in [2.24, 2.45) is 34.5 Å². The van der Waals surface area contributed by atoms with E-state index in [1.807, 2.05) is 6.92 Å². The molecule has 0 amide bonds. The van der Waals surface area contributed by atoms with Crippen LogP contribution in [0.5, 0.6) is 0 Å². The molecular formula is C20H36O. The van der Waals surface area contributed by atoms with Crippen molar-refractivity contribution in [1.29, 1.82) is 0 Å². The first-order valence-electron chi connectivity index (χ1n) is 9.55. The van der Waals surface area contributed by atoms with Crippen molar-refractivity contribution in [3.63, 3.8) is 0 Å². The molecule has 0 aromatic heterocycles. The number of aliphatic hydroxyl groups is 1. The van der Waals surface area contributed by atoms with Crippen LogP contribution in [0.1, 0.15) is 85.5 Å². The Balaban J connectivity index is 1.81. The third kappa shape index (κ3) is 2.58. The second-order valence-corrected chi connectivity index (χ2v) is 9.33. The zero-order chi connectivity index (χ0) is 15.3. The van der Waals surface area contributed by atoms with Crippen molar-refractivity contribution >= 4 is 0 Å². The molecule has 3 rings (SSSR count). The van der Waals surface area contributed by atoms with Gasteiger partial charge in [-0.15, -0.1) is 0 Å². The third-order valence-corrected chi connectivity index (χ3v) is 8.22. The van der Waals surface area contributed by atoms with Gasteiger partial charge in [0.2, 0.25) is 0 Å². The molecule has 3 aliphatic carbocycles. The second-order valence-electron chi connectivity index (χ2n) is 9.33. The monoisotopic (exact) mass is 292 g/mol. The summed E-state index contributed by atoms with van der Waals surface area (Å²) in [6.07, 6.45) is 12.4. The highest BCUT2D eigenvalue weighted by molar-refractivity contribution is 5.05. The van der Waals surface area contributed by atoms with Crippen LogP contribution in [0.4, 0.5) is 0 Å². The Morgan fingerprint density at radius 3 is 2.52 bits per heavy atom. The molecule has 21 heavy (non-hydrogen) atoms. The Kier molecular flexibility index (Phi) is 4.19. The highest BCUT2D eigenvalue weighted by atomic mass is 16.3. The quantitative estimate of drug-likeness (QED) is 0.736. The van der Waals surface area contributed by atoms with E-state index in [1.165, 1.54) is 51.4 Å². The highest BCUT2D eigenvalue weighted by Crippen LogP contribution is 2.64. The first-order chi connectivity index (χ1) is 9.87. The van der Waals surface area contributed by atoms with Crippen molar-refractivity contribution in [2.75, 3.05) is 0 Å². The van der Waals surface area contributed by atoms with Crippen LogP contribution in [0, 0.1) is 34.5 Å². The van der Waals surface area contributed by atoms with Crippen LogP contribution < -0.4 is 0 Å². The Morgan fingerprint density at radius 1 is 1.05 bits per heavy atom. The molecule has 0 aliphatic heterocycles. The number of fused-ring (bicyclic) bond motifs is 3. The van der Waals surface area contributed by atoms with E-state index < -0.39 is 0 Å². The van der Waals surface area contributed by atoms with Crippen LogP contribution in [-0.2, 0) is 0 Å². The molecule has 3 aliphatic rings. The van der Waals surface area contributed by atoms with Crippen molar-refractivity contribution < 1.29 is 5.11 Å². The lowest BCUT2D eigenvalue weighted by Crippen LogP contribution is -2.50. The summed E-state index contributed by atoms with van der Waals surface area (Å²) in [5.41, 5.74) is 1.15. The predicted octanol–water partition coefficient (Wildman–Crippen LogP) is 5.42. The number of aliphatic hydroxyl groups excluding tert-OH is 1. The van der Waals surface area contributed by atoms with E-state index in [9.17, 15) is 5.11 Å². The maximum Gasteiger partial charge on any atom is 0.0512 e. The van der Waals surface area contributed by atoms with Crippen molar-refractivity contribution in [1.82, 2.24) is 0 Å². The summed E-state index contributed by atoms with van der Waals surface area (Å²) < 4.78 is 0. The Hall–Kier alpha value is -0.0400. The Morgan fingerprint density at radius 2 is 1.81 bits per heavy atom. The summed E-state index contributed by atoms with van der Waals surface area (Å²) in [5.74, 6) is 3.76. The Labute approximate surface area is 131 Å². The zero-order valence-electron chi connectivity index (χ0n) is 14.7. The minimum absolute atomic E-state index is 0.130. The highest BCUT2D eigenvalue weighted by Gasteiger charge is 2.55. The molecule has 1 nitrogen and oxygen atoms in total. The normalized spacial score (nSPS) is 51.3. The number of hydrogen-bond donors (Lipinski definition) is 1. The molecule has 0 heterocycles. The molecule has 0 radical (unpaired) electrons. The Bertz CT molecular complexity index is 376. The summed E-state index contributed by atoms with van der Waals surface area (Å²) in [6, 6.07) is 0. The number of hydrogen-bond acceptors (Lipinski definition) is 1. The summed E-state index contributed by atoms with van der Waals surface area (Å²) in [4.78, 5) is 0. The molecule has 0 spiro atoms. The summed E-state index contributed by atoms with van der Waals surface area (Å²) in [6.45, 7) is 9.60. The molecule has 1 heteroatoms.